The van der Waals surface area contributed by atoms with E-state index in [2.05, 4.69) is 5.32 Å². The van der Waals surface area contributed by atoms with Crippen LogP contribution in [-0.4, -0.2) is 24.4 Å². The van der Waals surface area contributed by atoms with E-state index in [0.29, 0.717) is 17.4 Å². The lowest BCUT2D eigenvalue weighted by Crippen LogP contribution is -2.49. The third-order valence-corrected chi connectivity index (χ3v) is 5.02. The highest BCUT2D eigenvalue weighted by atomic mass is 16.2. The maximum Gasteiger partial charge on any atom is 0.254 e. The van der Waals surface area contributed by atoms with Gasteiger partial charge in [-0.2, -0.15) is 0 Å². The number of benzene rings is 1. The Hall–Kier alpha value is -1.84. The molecule has 1 N–H and O–H groups in total. The van der Waals surface area contributed by atoms with Crippen molar-refractivity contribution in [3.05, 3.63) is 29.8 Å². The largest absolute Gasteiger partial charge is 0.340 e. The van der Waals surface area contributed by atoms with Crippen molar-refractivity contribution >= 4 is 17.5 Å². The minimum absolute atomic E-state index is 0.0858. The molecule has 3 aliphatic rings. The summed E-state index contributed by atoms with van der Waals surface area (Å²) in [4.78, 5) is 27.2. The lowest BCUT2D eigenvalue weighted by Gasteiger charge is -2.33. The quantitative estimate of drug-likeness (QED) is 0.926. The van der Waals surface area contributed by atoms with Crippen molar-refractivity contribution < 1.29 is 9.59 Å². The first-order valence-corrected chi connectivity index (χ1v) is 7.95. The fourth-order valence-corrected chi connectivity index (χ4v) is 3.34. The molecule has 4 nitrogen and oxygen atoms in total. The molecule has 0 radical (unpaired) electrons. The highest BCUT2D eigenvalue weighted by Crippen LogP contribution is 2.37. The van der Waals surface area contributed by atoms with E-state index in [1.165, 1.54) is 19.3 Å². The number of anilines is 1. The SMILES string of the molecule is O=C1NC(C2CC2)C(=O)N(CC2CCC2)c2ccccc21. The van der Waals surface area contributed by atoms with Crippen molar-refractivity contribution in [3.63, 3.8) is 0 Å². The molecule has 1 aliphatic heterocycles. The molecule has 0 aromatic heterocycles. The Morgan fingerprint density at radius 2 is 1.86 bits per heavy atom. The van der Waals surface area contributed by atoms with E-state index in [4.69, 9.17) is 0 Å². The minimum atomic E-state index is -0.329. The van der Waals surface area contributed by atoms with Crippen molar-refractivity contribution in [1.82, 2.24) is 5.32 Å². The molecule has 2 amide bonds. The van der Waals surface area contributed by atoms with Gasteiger partial charge in [0.1, 0.15) is 6.04 Å². The van der Waals surface area contributed by atoms with Gasteiger partial charge in [0.2, 0.25) is 5.91 Å². The van der Waals surface area contributed by atoms with Crippen LogP contribution >= 0.6 is 0 Å². The van der Waals surface area contributed by atoms with Crippen LogP contribution in [0.3, 0.4) is 0 Å². The summed E-state index contributed by atoms with van der Waals surface area (Å²) in [6.45, 7) is 0.758. The predicted octanol–water partition coefficient (Wildman–Crippen LogP) is 2.34. The highest BCUT2D eigenvalue weighted by molar-refractivity contribution is 6.11. The van der Waals surface area contributed by atoms with E-state index in [-0.39, 0.29) is 17.9 Å². The molecule has 2 aliphatic carbocycles. The normalized spacial score (nSPS) is 25.9. The Bertz CT molecular complexity index is 590. The molecule has 4 heteroatoms. The van der Waals surface area contributed by atoms with E-state index < -0.39 is 0 Å². The van der Waals surface area contributed by atoms with Gasteiger partial charge in [0.15, 0.2) is 0 Å². The highest BCUT2D eigenvalue weighted by Gasteiger charge is 2.43. The van der Waals surface area contributed by atoms with Crippen LogP contribution in [0.4, 0.5) is 5.69 Å². The number of rotatable bonds is 3. The molecule has 1 heterocycles. The van der Waals surface area contributed by atoms with Gasteiger partial charge in [-0.15, -0.1) is 0 Å². The van der Waals surface area contributed by atoms with E-state index in [1.54, 1.807) is 0 Å². The van der Waals surface area contributed by atoms with Crippen molar-refractivity contribution in [2.24, 2.45) is 11.8 Å². The number of nitrogens with one attached hydrogen (secondary N) is 1. The standard InChI is InChI=1S/C17H20N2O2/c20-16-13-6-1-2-7-14(13)19(10-11-4-3-5-11)17(21)15(18-16)12-8-9-12/h1-2,6-7,11-12,15H,3-5,8-10H2,(H,18,20). The van der Waals surface area contributed by atoms with Gasteiger partial charge in [-0.1, -0.05) is 18.6 Å². The summed E-state index contributed by atoms with van der Waals surface area (Å²) in [7, 11) is 0. The van der Waals surface area contributed by atoms with Gasteiger partial charge >= 0.3 is 0 Å². The van der Waals surface area contributed by atoms with Crippen LogP contribution in [0.25, 0.3) is 0 Å². The van der Waals surface area contributed by atoms with Crippen molar-refractivity contribution in [1.29, 1.82) is 0 Å². The Morgan fingerprint density at radius 1 is 1.10 bits per heavy atom. The molecule has 1 aromatic rings. The van der Waals surface area contributed by atoms with Gasteiger partial charge in [-0.25, -0.2) is 0 Å². The predicted molar refractivity (Wildman–Crippen MR) is 80.1 cm³/mol. The monoisotopic (exact) mass is 284 g/mol. The van der Waals surface area contributed by atoms with E-state index >= 15 is 0 Å². The van der Waals surface area contributed by atoms with Crippen LogP contribution in [0.15, 0.2) is 24.3 Å². The average Bonchev–Trinajstić information content (AvgIpc) is 3.27. The number of nitrogens with zero attached hydrogens (tertiary/aromatic N) is 1. The van der Waals surface area contributed by atoms with Gasteiger partial charge in [-0.3, -0.25) is 9.59 Å². The maximum absolute atomic E-state index is 12.9. The first-order valence-electron chi connectivity index (χ1n) is 7.95. The molecule has 1 atom stereocenters. The van der Waals surface area contributed by atoms with Gasteiger partial charge in [-0.05, 0) is 49.7 Å². The zero-order valence-corrected chi connectivity index (χ0v) is 12.0. The van der Waals surface area contributed by atoms with Gasteiger partial charge in [0.05, 0.1) is 11.3 Å². The molecule has 2 fully saturated rings. The summed E-state index contributed by atoms with van der Waals surface area (Å²) in [6, 6.07) is 7.17. The van der Waals surface area contributed by atoms with Crippen LogP contribution in [0, 0.1) is 11.8 Å². The molecular formula is C17H20N2O2. The summed E-state index contributed by atoms with van der Waals surface area (Å²) in [5.74, 6) is 0.907. The molecule has 0 saturated heterocycles. The number of hydrogen-bond acceptors (Lipinski definition) is 2. The molecule has 110 valence electrons. The zero-order chi connectivity index (χ0) is 14.4. The Morgan fingerprint density at radius 3 is 2.52 bits per heavy atom. The summed E-state index contributed by atoms with van der Waals surface area (Å²) in [6.07, 6.45) is 5.75. The van der Waals surface area contributed by atoms with Crippen LogP contribution in [0.1, 0.15) is 42.5 Å². The Labute approximate surface area is 124 Å². The molecule has 21 heavy (non-hydrogen) atoms. The second kappa shape index (κ2) is 4.86. The van der Waals surface area contributed by atoms with Gasteiger partial charge in [0, 0.05) is 6.54 Å². The molecule has 1 unspecified atom stereocenters. The zero-order valence-electron chi connectivity index (χ0n) is 12.0. The van der Waals surface area contributed by atoms with Gasteiger partial charge in [0.25, 0.3) is 5.91 Å². The fraction of sp³-hybridized carbons (Fsp3) is 0.529. The Kier molecular flexibility index (Phi) is 2.98. The third kappa shape index (κ3) is 2.23. The minimum Gasteiger partial charge on any atom is -0.340 e. The molecule has 0 spiro atoms. The smallest absolute Gasteiger partial charge is 0.254 e. The summed E-state index contributed by atoms with van der Waals surface area (Å²) >= 11 is 0. The fourth-order valence-electron chi connectivity index (χ4n) is 3.34. The van der Waals surface area contributed by atoms with E-state index in [1.807, 2.05) is 29.2 Å². The number of carbonyl (C=O) groups is 2. The van der Waals surface area contributed by atoms with Crippen LogP contribution in [0.2, 0.25) is 0 Å². The van der Waals surface area contributed by atoms with Crippen LogP contribution in [-0.2, 0) is 4.79 Å². The summed E-state index contributed by atoms with van der Waals surface area (Å²) in [5, 5.41) is 2.96. The second-order valence-corrected chi connectivity index (χ2v) is 6.55. The van der Waals surface area contributed by atoms with Crippen LogP contribution in [0.5, 0.6) is 0 Å². The maximum atomic E-state index is 12.9. The van der Waals surface area contributed by atoms with Crippen LogP contribution < -0.4 is 10.2 Å². The summed E-state index contributed by atoms with van der Waals surface area (Å²) < 4.78 is 0. The summed E-state index contributed by atoms with van der Waals surface area (Å²) in [5.41, 5.74) is 1.42. The molecule has 0 bridgehead atoms. The van der Waals surface area contributed by atoms with Crippen molar-refractivity contribution in [3.8, 4) is 0 Å². The number of hydrogen-bond donors (Lipinski definition) is 1. The van der Waals surface area contributed by atoms with Crippen molar-refractivity contribution in [2.75, 3.05) is 11.4 Å². The molecule has 1 aromatic carbocycles. The lowest BCUT2D eigenvalue weighted by atomic mass is 9.85. The number of fused-ring (bicyclic) bond motifs is 1. The number of para-hydroxylation sites is 1. The lowest BCUT2D eigenvalue weighted by molar-refractivity contribution is -0.121. The first-order chi connectivity index (χ1) is 10.2. The molecular weight excluding hydrogens is 264 g/mol. The van der Waals surface area contributed by atoms with Gasteiger partial charge < -0.3 is 10.2 Å². The van der Waals surface area contributed by atoms with E-state index in [0.717, 1.165) is 25.1 Å². The molecule has 2 saturated carbocycles. The first kappa shape index (κ1) is 12.9. The number of carbonyl (C=O) groups excluding carboxylic acids is 2. The molecule has 4 rings (SSSR count). The Balaban J connectivity index is 1.72. The average molecular weight is 284 g/mol. The topological polar surface area (TPSA) is 49.4 Å². The van der Waals surface area contributed by atoms with E-state index in [9.17, 15) is 9.59 Å². The van der Waals surface area contributed by atoms with Crippen molar-refractivity contribution in [2.45, 2.75) is 38.1 Å². The second-order valence-electron chi connectivity index (χ2n) is 6.55. The number of amides is 2. The third-order valence-electron chi connectivity index (χ3n) is 5.02.